The van der Waals surface area contributed by atoms with Crippen molar-refractivity contribution >= 4 is 0 Å². The molecule has 0 atom stereocenters. The topological polar surface area (TPSA) is 27.7 Å². The zero-order valence-corrected chi connectivity index (χ0v) is 7.43. The van der Waals surface area contributed by atoms with Gasteiger partial charge in [0, 0.05) is 31.0 Å². The minimum absolute atomic E-state index is 0. The van der Waals surface area contributed by atoms with Crippen LogP contribution in [0.15, 0.2) is 0 Å². The normalized spacial score (nSPS) is 8.18. The first-order valence-corrected chi connectivity index (χ1v) is 2.97. The van der Waals surface area contributed by atoms with Crippen molar-refractivity contribution in [3.63, 3.8) is 0 Å². The van der Waals surface area contributed by atoms with Gasteiger partial charge in [0.05, 0.1) is 26.4 Å². The smallest absolute Gasteiger partial charge is 0.0701 e. The van der Waals surface area contributed by atoms with E-state index in [0.717, 1.165) is 0 Å². The minimum atomic E-state index is 0. The van der Waals surface area contributed by atoms with Crippen molar-refractivity contribution in [1.82, 2.24) is 0 Å². The summed E-state index contributed by atoms with van der Waals surface area (Å²) in [6.45, 7) is 2.62. The number of methoxy groups -OCH3 is 2. The van der Waals surface area contributed by atoms with E-state index in [2.05, 4.69) is 0 Å². The van der Waals surface area contributed by atoms with Crippen molar-refractivity contribution in [2.24, 2.45) is 0 Å². The van der Waals surface area contributed by atoms with Gasteiger partial charge in [-0.05, 0) is 0 Å². The van der Waals surface area contributed by atoms with Crippen molar-refractivity contribution in [3.8, 4) is 0 Å². The van der Waals surface area contributed by atoms with Gasteiger partial charge in [-0.2, -0.15) is 0 Å². The van der Waals surface area contributed by atoms with Crippen LogP contribution in [0.3, 0.4) is 0 Å². The van der Waals surface area contributed by atoms with Gasteiger partial charge in [0.2, 0.25) is 0 Å². The number of rotatable bonds is 6. The van der Waals surface area contributed by atoms with Crippen LogP contribution in [-0.4, -0.2) is 40.6 Å². The van der Waals surface area contributed by atoms with Gasteiger partial charge in [0.1, 0.15) is 0 Å². The fraction of sp³-hybridized carbons (Fsp3) is 1.00. The molecule has 0 rings (SSSR count). The average molecular weight is 209 g/mol. The zero-order chi connectivity index (χ0) is 6.95. The molecule has 0 spiro atoms. The van der Waals surface area contributed by atoms with Gasteiger partial charge >= 0.3 is 0 Å². The third kappa shape index (κ3) is 17.9. The van der Waals surface area contributed by atoms with Crippen LogP contribution in [0.5, 0.6) is 0 Å². The summed E-state index contributed by atoms with van der Waals surface area (Å²) in [6, 6.07) is 0. The largest absolute Gasteiger partial charge is 0.382 e. The van der Waals surface area contributed by atoms with E-state index >= 15 is 0 Å². The Morgan fingerprint density at radius 3 is 1.45 bits per heavy atom. The van der Waals surface area contributed by atoms with Crippen molar-refractivity contribution in [1.29, 1.82) is 0 Å². The molecule has 0 heterocycles. The molecule has 0 saturated heterocycles. The Morgan fingerprint density at radius 1 is 0.818 bits per heavy atom. The molecule has 4 heteroatoms. The van der Waals surface area contributed by atoms with Crippen molar-refractivity contribution < 1.29 is 31.0 Å². The summed E-state index contributed by atoms with van der Waals surface area (Å²) in [5, 5.41) is 0. The SMILES string of the molecule is C.COCCOCCOC.[Co]. The first-order chi connectivity index (χ1) is 4.41. The molecule has 3 nitrogen and oxygen atoms in total. The number of hydrogen-bond acceptors (Lipinski definition) is 3. The Labute approximate surface area is 79.6 Å². The van der Waals surface area contributed by atoms with Crippen molar-refractivity contribution in [2.45, 2.75) is 7.43 Å². The Bertz CT molecular complexity index is 47.0. The molecule has 0 saturated carbocycles. The molecule has 0 fully saturated rings. The molecule has 11 heavy (non-hydrogen) atoms. The Balaban J connectivity index is -0.000000320. The fourth-order valence-electron chi connectivity index (χ4n) is 0.387. The maximum Gasteiger partial charge on any atom is 0.0701 e. The van der Waals surface area contributed by atoms with Crippen LogP contribution < -0.4 is 0 Å². The quantitative estimate of drug-likeness (QED) is 0.609. The van der Waals surface area contributed by atoms with Gasteiger partial charge < -0.3 is 14.2 Å². The summed E-state index contributed by atoms with van der Waals surface area (Å²) in [6.07, 6.45) is 0. The molecule has 0 N–H and O–H groups in total. The van der Waals surface area contributed by atoms with E-state index in [-0.39, 0.29) is 24.2 Å². The van der Waals surface area contributed by atoms with Gasteiger partial charge in [-0.3, -0.25) is 0 Å². The van der Waals surface area contributed by atoms with Gasteiger partial charge in [-0.25, -0.2) is 0 Å². The van der Waals surface area contributed by atoms with E-state index in [1.807, 2.05) is 0 Å². The van der Waals surface area contributed by atoms with E-state index in [4.69, 9.17) is 14.2 Å². The second kappa shape index (κ2) is 16.8. The summed E-state index contributed by atoms with van der Waals surface area (Å²) in [5.74, 6) is 0. The summed E-state index contributed by atoms with van der Waals surface area (Å²) >= 11 is 0. The van der Waals surface area contributed by atoms with Crippen molar-refractivity contribution in [2.75, 3.05) is 40.6 Å². The Kier molecular flexibility index (Phi) is 26.6. The third-order valence-corrected chi connectivity index (χ3v) is 0.864. The van der Waals surface area contributed by atoms with Crippen LogP contribution in [0.25, 0.3) is 0 Å². The van der Waals surface area contributed by atoms with Crippen LogP contribution in [-0.2, 0) is 31.0 Å². The molecule has 0 aromatic heterocycles. The molecule has 0 unspecified atom stereocenters. The van der Waals surface area contributed by atoms with Crippen LogP contribution in [0.1, 0.15) is 7.43 Å². The molecule has 0 bridgehead atoms. The van der Waals surface area contributed by atoms with E-state index < -0.39 is 0 Å². The first kappa shape index (κ1) is 17.5. The zero-order valence-electron chi connectivity index (χ0n) is 6.39. The Morgan fingerprint density at radius 2 is 1.18 bits per heavy atom. The minimum Gasteiger partial charge on any atom is -0.382 e. The van der Waals surface area contributed by atoms with Crippen LogP contribution in [0, 0.1) is 0 Å². The molecule has 0 aliphatic rings. The molecule has 0 aromatic rings. The second-order valence-electron chi connectivity index (χ2n) is 1.60. The third-order valence-electron chi connectivity index (χ3n) is 0.864. The van der Waals surface area contributed by atoms with Crippen LogP contribution in [0.2, 0.25) is 0 Å². The molecular formula is C7H18CoO3. The van der Waals surface area contributed by atoms with E-state index in [1.54, 1.807) is 14.2 Å². The molecule has 73 valence electrons. The average Bonchev–Trinajstić information content (AvgIpc) is 1.89. The van der Waals surface area contributed by atoms with E-state index in [1.165, 1.54) is 0 Å². The standard InChI is InChI=1S/C6H14O3.CH4.Co/c1-7-3-5-9-6-4-8-2;;/h3-6H2,1-2H3;1H4;. The van der Waals surface area contributed by atoms with E-state index in [9.17, 15) is 0 Å². The molecule has 1 radical (unpaired) electrons. The van der Waals surface area contributed by atoms with Crippen LogP contribution in [0.4, 0.5) is 0 Å². The predicted molar refractivity (Wildman–Crippen MR) is 41.3 cm³/mol. The van der Waals surface area contributed by atoms with E-state index in [0.29, 0.717) is 26.4 Å². The monoisotopic (exact) mass is 209 g/mol. The summed E-state index contributed by atoms with van der Waals surface area (Å²) in [5.41, 5.74) is 0. The predicted octanol–water partition coefficient (Wildman–Crippen LogP) is 0.929. The fourth-order valence-corrected chi connectivity index (χ4v) is 0.387. The second-order valence-corrected chi connectivity index (χ2v) is 1.60. The molecule has 0 amide bonds. The van der Waals surface area contributed by atoms with Gasteiger partial charge in [-0.1, -0.05) is 7.43 Å². The first-order valence-electron chi connectivity index (χ1n) is 2.97. The Hall–Kier alpha value is 0.386. The summed E-state index contributed by atoms with van der Waals surface area (Å²) < 4.78 is 14.6. The number of ether oxygens (including phenoxy) is 3. The van der Waals surface area contributed by atoms with Crippen LogP contribution >= 0.6 is 0 Å². The molecule has 0 aromatic carbocycles. The molecular weight excluding hydrogens is 191 g/mol. The summed E-state index contributed by atoms with van der Waals surface area (Å²) in [4.78, 5) is 0. The number of hydrogen-bond donors (Lipinski definition) is 0. The van der Waals surface area contributed by atoms with Gasteiger partial charge in [0.15, 0.2) is 0 Å². The summed E-state index contributed by atoms with van der Waals surface area (Å²) in [7, 11) is 3.30. The van der Waals surface area contributed by atoms with Crippen molar-refractivity contribution in [3.05, 3.63) is 0 Å². The van der Waals surface area contributed by atoms with Gasteiger partial charge in [0.25, 0.3) is 0 Å². The van der Waals surface area contributed by atoms with Gasteiger partial charge in [-0.15, -0.1) is 0 Å². The maximum absolute atomic E-state index is 5.06. The molecule has 0 aliphatic carbocycles. The maximum atomic E-state index is 5.06. The molecule has 0 aliphatic heterocycles.